The van der Waals surface area contributed by atoms with Crippen molar-refractivity contribution >= 4 is 19.8 Å². The Balaban J connectivity index is 2.11. The van der Waals surface area contributed by atoms with Crippen LogP contribution < -0.4 is 0 Å². The number of carbonyl (C=O) groups is 2. The smallest absolute Gasteiger partial charge is 0.307 e. The van der Waals surface area contributed by atoms with E-state index in [9.17, 15) is 14.7 Å². The number of hydrogen-bond donors (Lipinski definition) is 1. The summed E-state index contributed by atoms with van der Waals surface area (Å²) < 4.78 is 0. The maximum atomic E-state index is 12.9. The van der Waals surface area contributed by atoms with Crippen molar-refractivity contribution < 1.29 is 14.7 Å². The van der Waals surface area contributed by atoms with Gasteiger partial charge in [-0.15, -0.1) is 0 Å². The lowest BCUT2D eigenvalue weighted by Crippen LogP contribution is -2.36. The minimum atomic E-state index is -1.53. The van der Waals surface area contributed by atoms with Crippen LogP contribution >= 0.6 is 0 Å². The number of carbonyl (C=O) groups excluding carboxylic acids is 1. The molecule has 3 nitrogen and oxygen atoms in total. The van der Waals surface area contributed by atoms with Crippen LogP contribution in [0.2, 0.25) is 19.6 Å². The van der Waals surface area contributed by atoms with Gasteiger partial charge in [-0.25, -0.2) is 0 Å². The van der Waals surface area contributed by atoms with Gasteiger partial charge in [0.25, 0.3) is 0 Å². The molecule has 1 aliphatic rings. The highest BCUT2D eigenvalue weighted by Crippen LogP contribution is 2.46. The van der Waals surface area contributed by atoms with Gasteiger partial charge in [0.1, 0.15) is 5.78 Å². The summed E-state index contributed by atoms with van der Waals surface area (Å²) in [5.41, 5.74) is 5.17. The first-order chi connectivity index (χ1) is 16.0. The lowest BCUT2D eigenvalue weighted by Gasteiger charge is -2.41. The SMILES string of the molecule is CCCC[C@@H](C(=O)O)[C@@H]1CC[C@@H](C)[C@H](CCC(=O)CCC(C)c2ccccc2)/C1=C\[Si](C)(C)C. The van der Waals surface area contributed by atoms with Crippen LogP contribution in [0.1, 0.15) is 90.0 Å². The lowest BCUT2D eigenvalue weighted by atomic mass is 9.65. The Kier molecular flexibility index (Phi) is 11.3. The number of rotatable bonds is 13. The van der Waals surface area contributed by atoms with Crippen molar-refractivity contribution in [1.82, 2.24) is 0 Å². The van der Waals surface area contributed by atoms with E-state index >= 15 is 0 Å². The average molecular weight is 485 g/mol. The summed E-state index contributed by atoms with van der Waals surface area (Å²) in [6, 6.07) is 10.4. The predicted octanol–water partition coefficient (Wildman–Crippen LogP) is 8.28. The van der Waals surface area contributed by atoms with Crippen LogP contribution in [0.3, 0.4) is 0 Å². The second kappa shape index (κ2) is 13.4. The molecule has 0 spiro atoms. The topological polar surface area (TPSA) is 54.4 Å². The van der Waals surface area contributed by atoms with Gasteiger partial charge in [-0.3, -0.25) is 9.59 Å². The van der Waals surface area contributed by atoms with Crippen molar-refractivity contribution in [3.8, 4) is 0 Å². The first-order valence-electron chi connectivity index (χ1n) is 13.6. The van der Waals surface area contributed by atoms with Gasteiger partial charge in [0.2, 0.25) is 0 Å². The van der Waals surface area contributed by atoms with Gasteiger partial charge in [-0.1, -0.05) is 94.9 Å². The molecule has 4 heteroatoms. The fraction of sp³-hybridized carbons (Fsp3) is 0.667. The Morgan fingerprint density at radius 1 is 1.09 bits per heavy atom. The van der Waals surface area contributed by atoms with E-state index in [1.165, 1.54) is 11.1 Å². The summed E-state index contributed by atoms with van der Waals surface area (Å²) in [4.78, 5) is 25.1. The highest BCUT2D eigenvalue weighted by molar-refractivity contribution is 6.81. The van der Waals surface area contributed by atoms with Crippen LogP contribution in [-0.4, -0.2) is 24.9 Å². The number of ketones is 1. The Hall–Kier alpha value is -1.68. The van der Waals surface area contributed by atoms with E-state index in [-0.39, 0.29) is 11.8 Å². The molecule has 1 N–H and O–H groups in total. The number of Topliss-reactive ketones (excluding diaryl/α,β-unsaturated/α-hetero) is 1. The molecule has 0 bridgehead atoms. The molecule has 1 aromatic carbocycles. The molecule has 0 saturated heterocycles. The van der Waals surface area contributed by atoms with E-state index in [0.29, 0.717) is 36.4 Å². The molecule has 0 aliphatic heterocycles. The third kappa shape index (κ3) is 8.83. The summed E-state index contributed by atoms with van der Waals surface area (Å²) >= 11 is 0. The zero-order valence-electron chi connectivity index (χ0n) is 22.5. The fourth-order valence-electron chi connectivity index (χ4n) is 5.70. The summed E-state index contributed by atoms with van der Waals surface area (Å²) in [7, 11) is -1.53. The Morgan fingerprint density at radius 3 is 2.35 bits per heavy atom. The van der Waals surface area contributed by atoms with Gasteiger partial charge in [0.05, 0.1) is 14.0 Å². The van der Waals surface area contributed by atoms with Crippen molar-refractivity contribution in [2.45, 2.75) is 104 Å². The van der Waals surface area contributed by atoms with Gasteiger partial charge in [0, 0.05) is 12.8 Å². The zero-order chi connectivity index (χ0) is 25.3. The molecule has 1 aromatic rings. The molecule has 190 valence electrons. The average Bonchev–Trinajstić information content (AvgIpc) is 2.78. The van der Waals surface area contributed by atoms with E-state index in [1.54, 1.807) is 0 Å². The Labute approximate surface area is 209 Å². The van der Waals surface area contributed by atoms with Gasteiger partial charge in [0.15, 0.2) is 0 Å². The van der Waals surface area contributed by atoms with E-state index in [1.807, 2.05) is 6.07 Å². The molecule has 1 fully saturated rings. The molecule has 1 aliphatic carbocycles. The Morgan fingerprint density at radius 2 is 1.76 bits per heavy atom. The van der Waals surface area contributed by atoms with Crippen LogP contribution in [0.25, 0.3) is 0 Å². The van der Waals surface area contributed by atoms with Gasteiger partial charge in [-0.2, -0.15) is 0 Å². The number of carboxylic acids is 1. The minimum absolute atomic E-state index is 0.130. The summed E-state index contributed by atoms with van der Waals surface area (Å²) in [5.74, 6) is 0.787. The predicted molar refractivity (Wildman–Crippen MR) is 146 cm³/mol. The molecular formula is C30H48O3Si. The summed E-state index contributed by atoms with van der Waals surface area (Å²) in [6.45, 7) is 13.7. The maximum Gasteiger partial charge on any atom is 0.307 e. The molecule has 0 aromatic heterocycles. The maximum absolute atomic E-state index is 12.9. The van der Waals surface area contributed by atoms with Gasteiger partial charge < -0.3 is 5.11 Å². The minimum Gasteiger partial charge on any atom is -0.481 e. The van der Waals surface area contributed by atoms with E-state index in [4.69, 9.17) is 0 Å². The monoisotopic (exact) mass is 484 g/mol. The number of unbranched alkanes of at least 4 members (excludes halogenated alkanes) is 1. The fourth-order valence-corrected chi connectivity index (χ4v) is 7.13. The number of benzene rings is 1. The summed E-state index contributed by atoms with van der Waals surface area (Å²) in [5, 5.41) is 10.1. The molecule has 0 heterocycles. The highest BCUT2D eigenvalue weighted by atomic mass is 28.3. The summed E-state index contributed by atoms with van der Waals surface area (Å²) in [6.07, 6.45) is 7.78. The van der Waals surface area contributed by atoms with Gasteiger partial charge in [-0.05, 0) is 61.3 Å². The number of allylic oxidation sites excluding steroid dienone is 1. The van der Waals surface area contributed by atoms with E-state index < -0.39 is 14.0 Å². The molecular weight excluding hydrogens is 436 g/mol. The van der Waals surface area contributed by atoms with Crippen LogP contribution in [0.15, 0.2) is 41.6 Å². The van der Waals surface area contributed by atoms with Crippen molar-refractivity contribution in [2.24, 2.45) is 23.7 Å². The Bertz CT molecular complexity index is 808. The number of aliphatic carboxylic acids is 1. The lowest BCUT2D eigenvalue weighted by molar-refractivity contribution is -0.144. The number of hydrogen-bond acceptors (Lipinski definition) is 2. The number of carboxylic acid groups (broad SMARTS) is 1. The van der Waals surface area contributed by atoms with Gasteiger partial charge >= 0.3 is 5.97 Å². The highest BCUT2D eigenvalue weighted by Gasteiger charge is 2.39. The second-order valence-corrected chi connectivity index (χ2v) is 16.8. The van der Waals surface area contributed by atoms with Crippen LogP contribution in [0, 0.1) is 23.7 Å². The van der Waals surface area contributed by atoms with E-state index in [2.05, 4.69) is 70.4 Å². The quantitative estimate of drug-likeness (QED) is 0.287. The normalized spacial score (nSPS) is 24.1. The third-order valence-corrected chi connectivity index (χ3v) is 8.91. The van der Waals surface area contributed by atoms with Crippen molar-refractivity contribution in [1.29, 1.82) is 0 Å². The first kappa shape index (κ1) is 28.6. The van der Waals surface area contributed by atoms with Crippen LogP contribution in [0.5, 0.6) is 0 Å². The van der Waals surface area contributed by atoms with Crippen molar-refractivity contribution in [2.75, 3.05) is 0 Å². The molecule has 5 atom stereocenters. The molecule has 2 rings (SSSR count). The second-order valence-electron chi connectivity index (χ2n) is 11.8. The third-order valence-electron chi connectivity index (χ3n) is 7.71. The van der Waals surface area contributed by atoms with Crippen LogP contribution in [0.4, 0.5) is 0 Å². The zero-order valence-corrected chi connectivity index (χ0v) is 23.5. The van der Waals surface area contributed by atoms with Crippen molar-refractivity contribution in [3.63, 3.8) is 0 Å². The van der Waals surface area contributed by atoms with E-state index in [0.717, 1.165) is 44.9 Å². The standard InChI is InChI=1S/C30H48O3Si/c1-7-8-14-28(30(32)33)27-19-16-23(3)26(29(27)21-34(4,5)6)20-18-25(31)17-15-22(2)24-12-10-9-11-13-24/h9-13,21-23,26-28H,7-8,14-20H2,1-6H3,(H,32,33)/b29-21+/t22?,23-,26+,27+,28-/m1/s1. The molecule has 34 heavy (non-hydrogen) atoms. The molecule has 1 unspecified atom stereocenters. The molecule has 0 amide bonds. The molecule has 1 saturated carbocycles. The first-order valence-corrected chi connectivity index (χ1v) is 17.1. The van der Waals surface area contributed by atoms with Crippen molar-refractivity contribution in [3.05, 3.63) is 47.2 Å². The largest absolute Gasteiger partial charge is 0.481 e. The van der Waals surface area contributed by atoms with Crippen LogP contribution in [-0.2, 0) is 9.59 Å². The molecule has 0 radical (unpaired) electrons.